The van der Waals surface area contributed by atoms with Gasteiger partial charge in [-0.1, -0.05) is 12.1 Å². The number of para-hydroxylation sites is 1. The van der Waals surface area contributed by atoms with E-state index in [-0.39, 0.29) is 18.3 Å². The van der Waals surface area contributed by atoms with Crippen LogP contribution in [0.4, 0.5) is 0 Å². The Labute approximate surface area is 174 Å². The summed E-state index contributed by atoms with van der Waals surface area (Å²) < 4.78 is 15.0. The maximum absolute atomic E-state index is 12.2. The van der Waals surface area contributed by atoms with E-state index < -0.39 is 0 Å². The van der Waals surface area contributed by atoms with E-state index in [4.69, 9.17) is 9.15 Å². The van der Waals surface area contributed by atoms with Crippen LogP contribution in [0.5, 0.6) is 5.75 Å². The Bertz CT molecular complexity index is 901. The summed E-state index contributed by atoms with van der Waals surface area (Å²) in [6.45, 7) is 3.47. The number of ether oxygens (including phenoxy) is 1. The molecule has 0 unspecified atom stereocenters. The highest BCUT2D eigenvalue weighted by molar-refractivity contribution is 9.10. The Kier molecular flexibility index (Phi) is 6.73. The van der Waals surface area contributed by atoms with Gasteiger partial charge < -0.3 is 14.5 Å². The molecule has 8 heteroatoms. The lowest BCUT2D eigenvalue weighted by molar-refractivity contribution is 0.0920. The van der Waals surface area contributed by atoms with Gasteiger partial charge in [-0.2, -0.15) is 5.10 Å². The third-order valence-electron chi connectivity index (χ3n) is 3.83. The number of rotatable bonds is 8. The van der Waals surface area contributed by atoms with Gasteiger partial charge in [0.05, 0.1) is 14.6 Å². The predicted molar refractivity (Wildman–Crippen MR) is 109 cm³/mol. The minimum Gasteiger partial charge on any atom is -0.484 e. The van der Waals surface area contributed by atoms with Crippen molar-refractivity contribution >= 4 is 37.8 Å². The van der Waals surface area contributed by atoms with Crippen molar-refractivity contribution in [2.75, 3.05) is 6.54 Å². The van der Waals surface area contributed by atoms with Crippen LogP contribution in [-0.4, -0.2) is 22.2 Å². The van der Waals surface area contributed by atoms with Gasteiger partial charge in [0.2, 0.25) is 0 Å². The molecule has 0 saturated carbocycles. The number of nitrogens with one attached hydrogen (secondary N) is 1. The molecule has 0 saturated heterocycles. The molecular weight excluding hydrogens is 478 g/mol. The summed E-state index contributed by atoms with van der Waals surface area (Å²) in [6, 6.07) is 11.0. The number of furan rings is 1. The van der Waals surface area contributed by atoms with Crippen LogP contribution in [0.25, 0.3) is 0 Å². The second-order valence-electron chi connectivity index (χ2n) is 5.92. The van der Waals surface area contributed by atoms with Crippen molar-refractivity contribution in [1.29, 1.82) is 0 Å². The molecule has 3 rings (SSSR count). The molecule has 0 atom stereocenters. The first-order chi connectivity index (χ1) is 13.0. The van der Waals surface area contributed by atoms with Gasteiger partial charge in [-0.3, -0.25) is 9.48 Å². The van der Waals surface area contributed by atoms with E-state index in [1.165, 1.54) is 0 Å². The quantitative estimate of drug-likeness (QED) is 0.458. The van der Waals surface area contributed by atoms with Gasteiger partial charge in [0.1, 0.15) is 18.1 Å². The van der Waals surface area contributed by atoms with Crippen molar-refractivity contribution in [3.63, 3.8) is 0 Å². The van der Waals surface area contributed by atoms with E-state index in [9.17, 15) is 4.79 Å². The average molecular weight is 497 g/mol. The highest BCUT2D eigenvalue weighted by Gasteiger charge is 2.11. The first-order valence-electron chi connectivity index (χ1n) is 8.46. The third-order valence-corrected chi connectivity index (χ3v) is 5.26. The van der Waals surface area contributed by atoms with Crippen LogP contribution < -0.4 is 10.1 Å². The van der Waals surface area contributed by atoms with Gasteiger partial charge in [0.15, 0.2) is 5.76 Å². The lowest BCUT2D eigenvalue weighted by Gasteiger charge is -2.06. The van der Waals surface area contributed by atoms with Crippen LogP contribution in [-0.2, 0) is 13.2 Å². The molecule has 0 aliphatic rings. The number of hydrogen-bond acceptors (Lipinski definition) is 4. The summed E-state index contributed by atoms with van der Waals surface area (Å²) in [4.78, 5) is 12.2. The fraction of sp³-hybridized carbons (Fsp3) is 0.263. The SMILES string of the molecule is Cc1nn(CCCNC(=O)c2ccc(COc3ccccc3Br)o2)cc1Br. The number of carbonyl (C=O) groups excluding carboxylic acids is 1. The van der Waals surface area contributed by atoms with Gasteiger partial charge >= 0.3 is 0 Å². The smallest absolute Gasteiger partial charge is 0.286 e. The number of hydrogen-bond donors (Lipinski definition) is 1. The van der Waals surface area contributed by atoms with Gasteiger partial charge in [-0.05, 0) is 69.5 Å². The minimum absolute atomic E-state index is 0.236. The van der Waals surface area contributed by atoms with E-state index in [0.29, 0.717) is 12.3 Å². The average Bonchev–Trinajstić information content (AvgIpc) is 3.25. The lowest BCUT2D eigenvalue weighted by Crippen LogP contribution is -2.24. The highest BCUT2D eigenvalue weighted by Crippen LogP contribution is 2.25. The summed E-state index contributed by atoms with van der Waals surface area (Å²) >= 11 is 6.86. The molecule has 0 fully saturated rings. The molecule has 0 aliphatic carbocycles. The van der Waals surface area contributed by atoms with Crippen molar-refractivity contribution in [3.8, 4) is 5.75 Å². The molecule has 0 bridgehead atoms. The summed E-state index contributed by atoms with van der Waals surface area (Å²) in [5.41, 5.74) is 0.951. The van der Waals surface area contributed by atoms with Crippen molar-refractivity contribution in [3.05, 3.63) is 68.8 Å². The Morgan fingerprint density at radius 3 is 2.78 bits per heavy atom. The summed E-state index contributed by atoms with van der Waals surface area (Å²) in [6.07, 6.45) is 2.71. The van der Waals surface area contributed by atoms with Crippen molar-refractivity contribution in [1.82, 2.24) is 15.1 Å². The molecule has 142 valence electrons. The zero-order chi connectivity index (χ0) is 19.2. The molecule has 3 aromatic rings. The molecule has 2 heterocycles. The second-order valence-corrected chi connectivity index (χ2v) is 7.63. The zero-order valence-corrected chi connectivity index (χ0v) is 17.9. The highest BCUT2D eigenvalue weighted by atomic mass is 79.9. The molecular formula is C19H19Br2N3O3. The summed E-state index contributed by atoms with van der Waals surface area (Å²) in [5, 5.41) is 7.21. The van der Waals surface area contributed by atoms with Crippen LogP contribution in [0.2, 0.25) is 0 Å². The number of halogens is 2. The van der Waals surface area contributed by atoms with E-state index in [0.717, 1.165) is 33.4 Å². The molecule has 1 aromatic carbocycles. The Balaban J connectivity index is 1.43. The lowest BCUT2D eigenvalue weighted by atomic mass is 10.3. The van der Waals surface area contributed by atoms with Gasteiger partial charge in [-0.15, -0.1) is 0 Å². The monoisotopic (exact) mass is 495 g/mol. The number of aromatic nitrogens is 2. The molecule has 0 radical (unpaired) electrons. The minimum atomic E-state index is -0.236. The maximum Gasteiger partial charge on any atom is 0.286 e. The normalized spacial score (nSPS) is 10.8. The zero-order valence-electron chi connectivity index (χ0n) is 14.7. The topological polar surface area (TPSA) is 69.3 Å². The van der Waals surface area contributed by atoms with E-state index in [1.807, 2.05) is 42.1 Å². The fourth-order valence-corrected chi connectivity index (χ4v) is 3.14. The van der Waals surface area contributed by atoms with Crippen LogP contribution in [0.15, 0.2) is 56.0 Å². The second kappa shape index (κ2) is 9.23. The fourth-order valence-electron chi connectivity index (χ4n) is 2.43. The van der Waals surface area contributed by atoms with Crippen LogP contribution in [0.3, 0.4) is 0 Å². The number of aryl methyl sites for hydroxylation is 2. The van der Waals surface area contributed by atoms with Crippen LogP contribution in [0, 0.1) is 6.92 Å². The Hall–Kier alpha value is -2.06. The molecule has 0 aliphatic heterocycles. The Morgan fingerprint density at radius 1 is 1.22 bits per heavy atom. The van der Waals surface area contributed by atoms with Gasteiger partial charge in [-0.25, -0.2) is 0 Å². The van der Waals surface area contributed by atoms with Crippen molar-refractivity contribution in [2.45, 2.75) is 26.5 Å². The summed E-state index contributed by atoms with van der Waals surface area (Å²) in [5.74, 6) is 1.35. The van der Waals surface area contributed by atoms with E-state index >= 15 is 0 Å². The summed E-state index contributed by atoms with van der Waals surface area (Å²) in [7, 11) is 0. The first-order valence-corrected chi connectivity index (χ1v) is 10.1. The molecule has 2 aromatic heterocycles. The van der Waals surface area contributed by atoms with Crippen LogP contribution >= 0.6 is 31.9 Å². The van der Waals surface area contributed by atoms with E-state index in [2.05, 4.69) is 42.3 Å². The van der Waals surface area contributed by atoms with E-state index in [1.54, 1.807) is 12.1 Å². The molecule has 1 N–H and O–H groups in total. The van der Waals surface area contributed by atoms with Gasteiger partial charge in [0, 0.05) is 19.3 Å². The Morgan fingerprint density at radius 2 is 2.04 bits per heavy atom. The van der Waals surface area contributed by atoms with Crippen LogP contribution in [0.1, 0.15) is 28.4 Å². The van der Waals surface area contributed by atoms with Crippen molar-refractivity contribution in [2.24, 2.45) is 0 Å². The first kappa shape index (κ1) is 19.7. The largest absolute Gasteiger partial charge is 0.484 e. The van der Waals surface area contributed by atoms with Gasteiger partial charge in [0.25, 0.3) is 5.91 Å². The number of nitrogens with zero attached hydrogens (tertiary/aromatic N) is 2. The number of benzene rings is 1. The standard InChI is InChI=1S/C19H19Br2N3O3/c1-13-16(21)11-24(23-13)10-4-9-22-19(25)18-8-7-14(27-18)12-26-17-6-3-2-5-15(17)20/h2-3,5-8,11H,4,9-10,12H2,1H3,(H,22,25). The number of amides is 1. The third kappa shape index (κ3) is 5.46. The molecule has 1 amide bonds. The number of carbonyl (C=O) groups is 1. The molecule has 0 spiro atoms. The predicted octanol–water partition coefficient (Wildman–Crippen LogP) is 4.71. The van der Waals surface area contributed by atoms with Crippen molar-refractivity contribution < 1.29 is 13.9 Å². The molecule has 6 nitrogen and oxygen atoms in total. The molecule has 27 heavy (non-hydrogen) atoms. The maximum atomic E-state index is 12.2.